The van der Waals surface area contributed by atoms with Gasteiger partial charge in [0.05, 0.1) is 5.69 Å². The summed E-state index contributed by atoms with van der Waals surface area (Å²) in [7, 11) is 3.48. The Balaban J connectivity index is 1.96. The standard InChI is InChI=1S/C15H14N4O/c1-18(2)14(20)12-6-4-11(5-7-12)13-10-19-9-3-8-16-15(19)17-13/h3-10H,1-2H3. The predicted molar refractivity (Wildman–Crippen MR) is 76.4 cm³/mol. The molecule has 5 nitrogen and oxygen atoms in total. The number of carbonyl (C=O) groups is 1. The van der Waals surface area contributed by atoms with Crippen LogP contribution >= 0.6 is 0 Å². The summed E-state index contributed by atoms with van der Waals surface area (Å²) in [5, 5.41) is 0. The van der Waals surface area contributed by atoms with E-state index in [4.69, 9.17) is 0 Å². The molecular formula is C15H14N4O. The summed E-state index contributed by atoms with van der Waals surface area (Å²) in [6, 6.07) is 9.29. The number of amides is 1. The Morgan fingerprint density at radius 3 is 2.60 bits per heavy atom. The molecule has 0 unspecified atom stereocenters. The van der Waals surface area contributed by atoms with E-state index < -0.39 is 0 Å². The molecule has 3 aromatic rings. The van der Waals surface area contributed by atoms with Gasteiger partial charge in [0.15, 0.2) is 0 Å². The lowest BCUT2D eigenvalue weighted by Crippen LogP contribution is -2.21. The fraction of sp³-hybridized carbons (Fsp3) is 0.133. The second-order valence-corrected chi connectivity index (χ2v) is 4.73. The first-order chi connectivity index (χ1) is 9.65. The van der Waals surface area contributed by atoms with Crippen LogP contribution < -0.4 is 0 Å². The van der Waals surface area contributed by atoms with Crippen LogP contribution in [0.2, 0.25) is 0 Å². The number of aromatic nitrogens is 3. The first kappa shape index (κ1) is 12.3. The van der Waals surface area contributed by atoms with Crippen LogP contribution in [-0.4, -0.2) is 39.3 Å². The number of hydrogen-bond acceptors (Lipinski definition) is 3. The van der Waals surface area contributed by atoms with Crippen LogP contribution in [0, 0.1) is 0 Å². The van der Waals surface area contributed by atoms with Crippen LogP contribution in [0.15, 0.2) is 48.9 Å². The van der Waals surface area contributed by atoms with Crippen LogP contribution in [0.4, 0.5) is 0 Å². The largest absolute Gasteiger partial charge is 0.345 e. The minimum atomic E-state index is -0.00628. The molecule has 0 aliphatic carbocycles. The highest BCUT2D eigenvalue weighted by Crippen LogP contribution is 2.19. The minimum absolute atomic E-state index is 0.00628. The van der Waals surface area contributed by atoms with Crippen molar-refractivity contribution < 1.29 is 4.79 Å². The van der Waals surface area contributed by atoms with Crippen LogP contribution in [0.1, 0.15) is 10.4 Å². The summed E-state index contributed by atoms with van der Waals surface area (Å²) in [5.74, 6) is 0.657. The molecule has 1 amide bonds. The molecular weight excluding hydrogens is 252 g/mol. The zero-order valence-electron chi connectivity index (χ0n) is 11.3. The fourth-order valence-corrected chi connectivity index (χ4v) is 2.01. The van der Waals surface area contributed by atoms with Crippen molar-refractivity contribution in [2.24, 2.45) is 0 Å². The van der Waals surface area contributed by atoms with Gasteiger partial charge in [0.1, 0.15) is 0 Å². The third-order valence-electron chi connectivity index (χ3n) is 3.07. The topological polar surface area (TPSA) is 50.5 Å². The summed E-state index contributed by atoms with van der Waals surface area (Å²) in [6.07, 6.45) is 5.54. The molecule has 1 aromatic carbocycles. The van der Waals surface area contributed by atoms with Crippen molar-refractivity contribution in [3.05, 3.63) is 54.5 Å². The van der Waals surface area contributed by atoms with Crippen molar-refractivity contribution in [3.63, 3.8) is 0 Å². The van der Waals surface area contributed by atoms with Crippen molar-refractivity contribution in [1.82, 2.24) is 19.3 Å². The van der Waals surface area contributed by atoms with E-state index in [1.165, 1.54) is 0 Å². The van der Waals surface area contributed by atoms with Gasteiger partial charge in [-0.05, 0) is 18.2 Å². The van der Waals surface area contributed by atoms with Gasteiger partial charge in [-0.25, -0.2) is 9.97 Å². The fourth-order valence-electron chi connectivity index (χ4n) is 2.01. The maximum absolute atomic E-state index is 11.8. The Bertz CT molecular complexity index is 726. The SMILES string of the molecule is CN(C)C(=O)c1ccc(-c2cn3cccnc3n2)cc1. The molecule has 0 N–H and O–H groups in total. The minimum Gasteiger partial charge on any atom is -0.345 e. The van der Waals surface area contributed by atoms with Crippen LogP contribution in [0.3, 0.4) is 0 Å². The van der Waals surface area contributed by atoms with Crippen LogP contribution in [0.25, 0.3) is 17.0 Å². The average Bonchev–Trinajstić information content (AvgIpc) is 2.90. The highest BCUT2D eigenvalue weighted by molar-refractivity contribution is 5.94. The Morgan fingerprint density at radius 1 is 1.20 bits per heavy atom. The number of carbonyl (C=O) groups excluding carboxylic acids is 1. The van der Waals surface area contributed by atoms with Gasteiger partial charge >= 0.3 is 0 Å². The maximum atomic E-state index is 11.8. The van der Waals surface area contributed by atoms with Crippen molar-refractivity contribution in [2.75, 3.05) is 14.1 Å². The molecule has 0 fully saturated rings. The molecule has 0 aliphatic heterocycles. The first-order valence-electron chi connectivity index (χ1n) is 6.27. The van der Waals surface area contributed by atoms with E-state index in [2.05, 4.69) is 9.97 Å². The molecule has 0 radical (unpaired) electrons. The van der Waals surface area contributed by atoms with E-state index in [1.54, 1.807) is 25.2 Å². The molecule has 5 heteroatoms. The van der Waals surface area contributed by atoms with E-state index in [0.717, 1.165) is 11.3 Å². The van der Waals surface area contributed by atoms with Crippen LogP contribution in [0.5, 0.6) is 0 Å². The van der Waals surface area contributed by atoms with Crippen molar-refractivity contribution in [3.8, 4) is 11.3 Å². The number of imidazole rings is 1. The molecule has 100 valence electrons. The first-order valence-corrected chi connectivity index (χ1v) is 6.27. The number of nitrogens with zero attached hydrogens (tertiary/aromatic N) is 4. The lowest BCUT2D eigenvalue weighted by molar-refractivity contribution is 0.0827. The lowest BCUT2D eigenvalue weighted by atomic mass is 10.1. The molecule has 2 heterocycles. The number of fused-ring (bicyclic) bond motifs is 1. The lowest BCUT2D eigenvalue weighted by Gasteiger charge is -2.10. The Kier molecular flexibility index (Phi) is 2.95. The highest BCUT2D eigenvalue weighted by Gasteiger charge is 2.09. The summed E-state index contributed by atoms with van der Waals surface area (Å²) >= 11 is 0. The van der Waals surface area contributed by atoms with Gasteiger partial charge in [-0.1, -0.05) is 12.1 Å². The van der Waals surface area contributed by atoms with E-state index in [0.29, 0.717) is 11.3 Å². The van der Waals surface area contributed by atoms with E-state index in [9.17, 15) is 4.79 Å². The molecule has 2 aromatic heterocycles. The monoisotopic (exact) mass is 266 g/mol. The van der Waals surface area contributed by atoms with Crippen LogP contribution in [-0.2, 0) is 0 Å². The van der Waals surface area contributed by atoms with Crippen molar-refractivity contribution in [2.45, 2.75) is 0 Å². The number of benzene rings is 1. The zero-order chi connectivity index (χ0) is 14.1. The zero-order valence-corrected chi connectivity index (χ0v) is 11.3. The average molecular weight is 266 g/mol. The molecule has 0 bridgehead atoms. The second-order valence-electron chi connectivity index (χ2n) is 4.73. The number of hydrogen-bond donors (Lipinski definition) is 0. The molecule has 0 aliphatic rings. The summed E-state index contributed by atoms with van der Waals surface area (Å²) < 4.78 is 1.87. The number of rotatable bonds is 2. The molecule has 20 heavy (non-hydrogen) atoms. The summed E-state index contributed by atoms with van der Waals surface area (Å²) in [4.78, 5) is 22.0. The Morgan fingerprint density at radius 2 is 1.95 bits per heavy atom. The van der Waals surface area contributed by atoms with E-state index in [1.807, 2.05) is 47.1 Å². The maximum Gasteiger partial charge on any atom is 0.253 e. The van der Waals surface area contributed by atoms with Gasteiger partial charge in [0.2, 0.25) is 5.78 Å². The third-order valence-corrected chi connectivity index (χ3v) is 3.07. The normalized spacial score (nSPS) is 10.7. The molecule has 3 rings (SSSR count). The Labute approximate surface area is 116 Å². The van der Waals surface area contributed by atoms with Gasteiger partial charge in [-0.2, -0.15) is 0 Å². The van der Waals surface area contributed by atoms with Gasteiger partial charge < -0.3 is 4.90 Å². The van der Waals surface area contributed by atoms with E-state index >= 15 is 0 Å². The molecule has 0 spiro atoms. The highest BCUT2D eigenvalue weighted by atomic mass is 16.2. The van der Waals surface area contributed by atoms with Gasteiger partial charge in [0, 0.05) is 43.8 Å². The predicted octanol–water partition coefficient (Wildman–Crippen LogP) is 2.10. The molecule has 0 saturated carbocycles. The van der Waals surface area contributed by atoms with Gasteiger partial charge in [-0.15, -0.1) is 0 Å². The Hall–Kier alpha value is -2.69. The molecule has 0 saturated heterocycles. The van der Waals surface area contributed by atoms with Gasteiger partial charge in [-0.3, -0.25) is 9.20 Å². The summed E-state index contributed by atoms with van der Waals surface area (Å²) in [5.41, 5.74) is 2.47. The van der Waals surface area contributed by atoms with Crippen molar-refractivity contribution in [1.29, 1.82) is 0 Å². The summed E-state index contributed by atoms with van der Waals surface area (Å²) in [6.45, 7) is 0. The van der Waals surface area contributed by atoms with E-state index in [-0.39, 0.29) is 5.91 Å². The molecule has 0 atom stereocenters. The van der Waals surface area contributed by atoms with Crippen molar-refractivity contribution >= 4 is 11.7 Å². The second kappa shape index (κ2) is 4.77. The third kappa shape index (κ3) is 2.14. The quantitative estimate of drug-likeness (QED) is 0.713. The van der Waals surface area contributed by atoms with Gasteiger partial charge in [0.25, 0.3) is 5.91 Å². The smallest absolute Gasteiger partial charge is 0.253 e.